The summed E-state index contributed by atoms with van der Waals surface area (Å²) in [6, 6.07) is 0. The second-order valence-corrected chi connectivity index (χ2v) is 9.63. The Morgan fingerprint density at radius 3 is 0.941 bits per heavy atom. The van der Waals surface area contributed by atoms with Crippen LogP contribution in [0.1, 0.15) is 19.8 Å². The van der Waals surface area contributed by atoms with E-state index in [1.165, 1.54) is 0 Å². The van der Waals surface area contributed by atoms with Gasteiger partial charge in [0.15, 0.2) is 0 Å². The summed E-state index contributed by atoms with van der Waals surface area (Å²) in [7, 11) is 0. The molecule has 0 bridgehead atoms. The van der Waals surface area contributed by atoms with Gasteiger partial charge >= 0.3 is 83.5 Å². The van der Waals surface area contributed by atoms with Crippen LogP contribution in [0.5, 0.6) is 0 Å². The molecule has 0 atom stereocenters. The number of hydrogen-bond donors (Lipinski definition) is 0. The van der Waals surface area contributed by atoms with Crippen molar-refractivity contribution in [1.29, 1.82) is 0 Å². The van der Waals surface area contributed by atoms with E-state index in [-0.39, 0.29) is 13.0 Å². The van der Waals surface area contributed by atoms with Crippen LogP contribution in [0, 0.1) is 0 Å². The van der Waals surface area contributed by atoms with Crippen LogP contribution in [0.3, 0.4) is 0 Å². The molecule has 51 heavy (non-hydrogen) atoms. The summed E-state index contributed by atoms with van der Waals surface area (Å²) < 4.78 is 346. The highest BCUT2D eigenvalue weighted by Crippen LogP contribution is 2.62. The molecule has 0 rings (SSSR count). The zero-order chi connectivity index (χ0) is 41.7. The van der Waals surface area contributed by atoms with E-state index in [0.29, 0.717) is 0 Å². The predicted molar refractivity (Wildman–Crippen MR) is 106 cm³/mol. The molecular formula is C21H12F26O4. The fourth-order valence-electron chi connectivity index (χ4n) is 2.86. The number of alkyl halides is 26. The van der Waals surface area contributed by atoms with Crippen molar-refractivity contribution in [3.05, 3.63) is 11.6 Å². The van der Waals surface area contributed by atoms with Gasteiger partial charge in [0.1, 0.15) is 0 Å². The van der Waals surface area contributed by atoms with Crippen molar-refractivity contribution >= 4 is 11.9 Å². The maximum Gasteiger partial charge on any atom is 0.460 e. The number of esters is 2. The van der Waals surface area contributed by atoms with Gasteiger partial charge in [-0.3, -0.25) is 0 Å². The summed E-state index contributed by atoms with van der Waals surface area (Å²) in [5.41, 5.74) is -1.41. The van der Waals surface area contributed by atoms with Crippen molar-refractivity contribution in [2.75, 3.05) is 13.2 Å². The monoisotopic (exact) mass is 822 g/mol. The molecule has 0 unspecified atom stereocenters. The largest absolute Gasteiger partial charge is 0.462 e. The van der Waals surface area contributed by atoms with Crippen LogP contribution in [-0.4, -0.2) is 96.7 Å². The van der Waals surface area contributed by atoms with Crippen molar-refractivity contribution < 1.29 is 133 Å². The first-order chi connectivity index (χ1) is 21.9. The molecule has 0 aromatic rings. The number of carbonyl (C=O) groups excluding carboxylic acids is 2. The molecule has 30 heteroatoms. The minimum absolute atomic E-state index is 0.274. The number of halogens is 26. The molecular weight excluding hydrogens is 810 g/mol. The Labute approximate surface area is 262 Å². The zero-order valence-corrected chi connectivity index (χ0v) is 23.4. The van der Waals surface area contributed by atoms with Crippen molar-refractivity contribution in [2.24, 2.45) is 0 Å². The van der Waals surface area contributed by atoms with Gasteiger partial charge in [0.2, 0.25) is 0 Å². The molecule has 0 aliphatic carbocycles. The lowest BCUT2D eigenvalue weighted by atomic mass is 9.93. The standard InChI is InChI=1S/C21H12F26O4/c1-7(9(49)51-5-3-11(24,25)13(28,29)15(32,33)17(36,37)19(40,41)21(45,46)47)6-8(48)50-4-2-10(22,23)12(26,27)14(30,31)16(34,35)18(38,39)20(42,43)44/h6H,2-5H2,1H3/b7-6-. The lowest BCUT2D eigenvalue weighted by Crippen LogP contribution is -2.70. The van der Waals surface area contributed by atoms with Crippen molar-refractivity contribution in [2.45, 2.75) is 91.3 Å². The minimum Gasteiger partial charge on any atom is -0.462 e. The SMILES string of the molecule is C/C(=C/C(=O)OCCC(F)(F)C(F)(F)C(F)(F)C(F)(F)C(F)(F)C(F)(F)F)C(=O)OCCC(F)(F)C(F)(F)C(F)(F)C(F)(F)C(F)(F)C(F)(F)F. The quantitative estimate of drug-likeness (QED) is 0.0886. The van der Waals surface area contributed by atoms with E-state index < -0.39 is 115 Å². The fraction of sp³-hybridized carbons (Fsp3) is 0.810. The summed E-state index contributed by atoms with van der Waals surface area (Å²) in [6.45, 7) is -4.46. The Hall–Kier alpha value is -3.14. The van der Waals surface area contributed by atoms with Crippen molar-refractivity contribution in [3.63, 3.8) is 0 Å². The van der Waals surface area contributed by atoms with E-state index in [1.807, 2.05) is 0 Å². The molecule has 0 spiro atoms. The first-order valence-electron chi connectivity index (χ1n) is 11.8. The normalized spacial score (nSPS) is 15.9. The maximum absolute atomic E-state index is 13.7. The van der Waals surface area contributed by atoms with Crippen LogP contribution < -0.4 is 0 Å². The van der Waals surface area contributed by atoms with Gasteiger partial charge in [0.25, 0.3) is 0 Å². The Morgan fingerprint density at radius 2 is 0.667 bits per heavy atom. The summed E-state index contributed by atoms with van der Waals surface area (Å²) in [5.74, 6) is -82.6. The lowest BCUT2D eigenvalue weighted by Gasteiger charge is -2.39. The highest BCUT2D eigenvalue weighted by atomic mass is 19.4. The Kier molecular flexibility index (Phi) is 12.8. The second kappa shape index (κ2) is 13.7. The predicted octanol–water partition coefficient (Wildman–Crippen LogP) is 9.28. The van der Waals surface area contributed by atoms with E-state index in [9.17, 15) is 124 Å². The molecule has 0 aliphatic rings. The third-order valence-electron chi connectivity index (χ3n) is 5.96. The van der Waals surface area contributed by atoms with Gasteiger partial charge in [-0.25, -0.2) is 9.59 Å². The molecule has 0 N–H and O–H groups in total. The van der Waals surface area contributed by atoms with E-state index in [2.05, 4.69) is 9.47 Å². The molecule has 0 saturated heterocycles. The molecule has 0 aromatic carbocycles. The van der Waals surface area contributed by atoms with Gasteiger partial charge in [-0.05, 0) is 6.92 Å². The summed E-state index contributed by atoms with van der Waals surface area (Å²) in [5, 5.41) is 0. The van der Waals surface area contributed by atoms with Gasteiger partial charge < -0.3 is 9.47 Å². The van der Waals surface area contributed by atoms with Gasteiger partial charge in [-0.2, -0.15) is 114 Å². The smallest absolute Gasteiger partial charge is 0.460 e. The second-order valence-electron chi connectivity index (χ2n) is 9.63. The summed E-state index contributed by atoms with van der Waals surface area (Å²) in [6.07, 6.45) is -22.0. The molecule has 0 aliphatic heterocycles. The average Bonchev–Trinajstić information content (AvgIpc) is 2.90. The number of carbonyl (C=O) groups is 2. The molecule has 0 heterocycles. The van der Waals surface area contributed by atoms with Crippen LogP contribution >= 0.6 is 0 Å². The van der Waals surface area contributed by atoms with Gasteiger partial charge in [-0.1, -0.05) is 0 Å². The average molecular weight is 822 g/mol. The van der Waals surface area contributed by atoms with Gasteiger partial charge in [0.05, 0.1) is 26.1 Å². The van der Waals surface area contributed by atoms with E-state index in [4.69, 9.17) is 0 Å². The molecule has 0 radical (unpaired) electrons. The fourth-order valence-corrected chi connectivity index (χ4v) is 2.86. The van der Waals surface area contributed by atoms with Gasteiger partial charge in [-0.15, -0.1) is 0 Å². The maximum atomic E-state index is 13.7. The van der Waals surface area contributed by atoms with E-state index >= 15 is 0 Å². The van der Waals surface area contributed by atoms with Crippen LogP contribution in [0.4, 0.5) is 114 Å². The highest BCUT2D eigenvalue weighted by molar-refractivity contribution is 5.95. The lowest BCUT2D eigenvalue weighted by molar-refractivity contribution is -0.440. The topological polar surface area (TPSA) is 52.6 Å². The zero-order valence-electron chi connectivity index (χ0n) is 23.4. The third kappa shape index (κ3) is 7.96. The first-order valence-corrected chi connectivity index (χ1v) is 11.8. The van der Waals surface area contributed by atoms with E-state index in [1.54, 1.807) is 0 Å². The Bertz CT molecular complexity index is 1290. The summed E-state index contributed by atoms with van der Waals surface area (Å²) >= 11 is 0. The first kappa shape index (κ1) is 47.9. The van der Waals surface area contributed by atoms with Crippen LogP contribution in [-0.2, 0) is 19.1 Å². The van der Waals surface area contributed by atoms with Crippen LogP contribution in [0.15, 0.2) is 11.6 Å². The Morgan fingerprint density at radius 1 is 0.412 bits per heavy atom. The number of ether oxygens (including phenoxy) is 2. The molecule has 0 amide bonds. The Balaban J connectivity index is 5.66. The third-order valence-corrected chi connectivity index (χ3v) is 5.96. The molecule has 0 aromatic heterocycles. The number of hydrogen-bond acceptors (Lipinski definition) is 4. The van der Waals surface area contributed by atoms with Crippen molar-refractivity contribution in [3.8, 4) is 0 Å². The molecule has 4 nitrogen and oxygen atoms in total. The highest BCUT2D eigenvalue weighted by Gasteiger charge is 2.92. The van der Waals surface area contributed by atoms with Crippen LogP contribution in [0.2, 0.25) is 0 Å². The summed E-state index contributed by atoms with van der Waals surface area (Å²) in [4.78, 5) is 23.1. The van der Waals surface area contributed by atoms with E-state index in [0.717, 1.165) is 0 Å². The minimum atomic E-state index is -8.25. The molecule has 0 fully saturated rings. The number of rotatable bonds is 16. The molecule has 0 saturated carbocycles. The molecule has 302 valence electrons. The van der Waals surface area contributed by atoms with Gasteiger partial charge in [0, 0.05) is 11.6 Å². The van der Waals surface area contributed by atoms with Crippen molar-refractivity contribution in [1.82, 2.24) is 0 Å². The van der Waals surface area contributed by atoms with Crippen LogP contribution in [0.25, 0.3) is 0 Å².